The summed E-state index contributed by atoms with van der Waals surface area (Å²) in [5.74, 6) is -1.74. The average molecular weight is 689 g/mol. The van der Waals surface area contributed by atoms with E-state index in [4.69, 9.17) is 33.2 Å². The van der Waals surface area contributed by atoms with E-state index in [1.807, 2.05) is 127 Å². The zero-order valence-corrected chi connectivity index (χ0v) is 28.5. The Morgan fingerprint density at radius 2 is 1.12 bits per heavy atom. The summed E-state index contributed by atoms with van der Waals surface area (Å²) in [6.07, 6.45) is 1.16. The van der Waals surface area contributed by atoms with E-state index in [0.29, 0.717) is 26.4 Å². The van der Waals surface area contributed by atoms with E-state index in [0.717, 1.165) is 28.7 Å². The Labute approximate surface area is 299 Å². The molecule has 1 saturated carbocycles. The largest absolute Gasteiger partial charge is 0.374 e. The van der Waals surface area contributed by atoms with E-state index < -0.39 is 36.5 Å². The van der Waals surface area contributed by atoms with Crippen molar-refractivity contribution in [3.8, 4) is 0 Å². The second kappa shape index (κ2) is 15.7. The number of ketones is 1. The first-order valence-corrected chi connectivity index (χ1v) is 17.9. The van der Waals surface area contributed by atoms with Crippen LogP contribution in [0.3, 0.4) is 0 Å². The van der Waals surface area contributed by atoms with Crippen molar-refractivity contribution in [1.82, 2.24) is 0 Å². The third-order valence-corrected chi connectivity index (χ3v) is 10.4. The van der Waals surface area contributed by atoms with Gasteiger partial charge in [0.25, 0.3) is 0 Å². The lowest BCUT2D eigenvalue weighted by Crippen LogP contribution is -2.65. The summed E-state index contributed by atoms with van der Waals surface area (Å²) < 4.78 is 46.8. The van der Waals surface area contributed by atoms with Gasteiger partial charge >= 0.3 is 0 Å². The van der Waals surface area contributed by atoms with Crippen LogP contribution in [0.25, 0.3) is 0 Å². The van der Waals surface area contributed by atoms with Gasteiger partial charge in [0, 0.05) is 11.8 Å². The maximum absolute atomic E-state index is 14.0. The van der Waals surface area contributed by atoms with Gasteiger partial charge in [-0.15, -0.1) is 0 Å². The van der Waals surface area contributed by atoms with Crippen molar-refractivity contribution >= 4 is 5.78 Å². The van der Waals surface area contributed by atoms with Gasteiger partial charge in [0.15, 0.2) is 12.1 Å². The molecule has 9 rings (SSSR count). The minimum atomic E-state index is -1.45. The van der Waals surface area contributed by atoms with Gasteiger partial charge < -0.3 is 33.2 Å². The van der Waals surface area contributed by atoms with Gasteiger partial charge in [0.1, 0.15) is 24.4 Å². The fourth-order valence-electron chi connectivity index (χ4n) is 7.77. The SMILES string of the molecule is O=C1[C@H]2C=C[C@@H]3[C@@H](CO[C@]13O[C@@H]1O[C@H](COCc3ccccc3)[C@@H](OCc3ccccc3)[C@H](OCc3ccccc3)[C@H]1OCc1ccccc1)C2. The van der Waals surface area contributed by atoms with Gasteiger partial charge in [-0.2, -0.15) is 0 Å². The number of benzene rings is 4. The highest BCUT2D eigenvalue weighted by molar-refractivity contribution is 5.92. The van der Waals surface area contributed by atoms with Crippen LogP contribution in [-0.4, -0.2) is 55.5 Å². The van der Waals surface area contributed by atoms with Crippen LogP contribution in [0.2, 0.25) is 0 Å². The Kier molecular flexibility index (Phi) is 10.5. The van der Waals surface area contributed by atoms with Crippen LogP contribution in [0.5, 0.6) is 0 Å². The van der Waals surface area contributed by atoms with Crippen molar-refractivity contribution in [1.29, 1.82) is 0 Å². The number of ether oxygens (including phenoxy) is 7. The van der Waals surface area contributed by atoms with Crippen LogP contribution in [0.15, 0.2) is 133 Å². The van der Waals surface area contributed by atoms with Crippen LogP contribution >= 0.6 is 0 Å². The number of hydrogen-bond acceptors (Lipinski definition) is 8. The first-order chi connectivity index (χ1) is 25.2. The van der Waals surface area contributed by atoms with E-state index in [2.05, 4.69) is 6.08 Å². The summed E-state index contributed by atoms with van der Waals surface area (Å²) in [4.78, 5) is 14.0. The van der Waals surface area contributed by atoms with E-state index in [9.17, 15) is 4.79 Å². The maximum atomic E-state index is 14.0. The first kappa shape index (κ1) is 34.1. The number of allylic oxidation sites excluding steroid dienone is 1. The third-order valence-electron chi connectivity index (χ3n) is 10.4. The lowest BCUT2D eigenvalue weighted by Gasteiger charge is -2.49. The van der Waals surface area contributed by atoms with Crippen molar-refractivity contribution in [2.24, 2.45) is 17.8 Å². The molecule has 4 aromatic carbocycles. The number of Topliss-reactive ketones (excluding diaryl/α,β-unsaturated/α-hetero) is 1. The molecule has 5 aliphatic rings. The number of rotatable bonds is 15. The zero-order valence-electron chi connectivity index (χ0n) is 28.5. The predicted octanol–water partition coefficient (Wildman–Crippen LogP) is 6.82. The molecule has 51 heavy (non-hydrogen) atoms. The van der Waals surface area contributed by atoms with Gasteiger partial charge in [-0.05, 0) is 34.6 Å². The summed E-state index contributed by atoms with van der Waals surface area (Å²) >= 11 is 0. The van der Waals surface area contributed by atoms with Crippen LogP contribution in [0.4, 0.5) is 0 Å². The van der Waals surface area contributed by atoms with E-state index in [1.54, 1.807) is 0 Å². The van der Waals surface area contributed by atoms with Gasteiger partial charge in [-0.1, -0.05) is 133 Å². The predicted molar refractivity (Wildman–Crippen MR) is 189 cm³/mol. The molecule has 2 aliphatic heterocycles. The van der Waals surface area contributed by atoms with E-state index in [1.165, 1.54) is 0 Å². The Morgan fingerprint density at radius 1 is 0.608 bits per heavy atom. The Hall–Kier alpha value is -3.99. The van der Waals surface area contributed by atoms with Crippen LogP contribution in [0.1, 0.15) is 28.7 Å². The highest BCUT2D eigenvalue weighted by atomic mass is 16.8. The Balaban J connectivity index is 1.14. The number of hydrogen-bond donors (Lipinski definition) is 0. The highest BCUT2D eigenvalue weighted by Crippen LogP contribution is 2.53. The van der Waals surface area contributed by atoms with Gasteiger partial charge in [0.2, 0.25) is 5.79 Å². The molecule has 3 fully saturated rings. The minimum absolute atomic E-state index is 0.0600. The smallest absolute Gasteiger partial charge is 0.238 e. The number of carbonyl (C=O) groups is 1. The minimum Gasteiger partial charge on any atom is -0.374 e. The van der Waals surface area contributed by atoms with E-state index in [-0.39, 0.29) is 36.8 Å². The van der Waals surface area contributed by atoms with E-state index >= 15 is 0 Å². The summed E-state index contributed by atoms with van der Waals surface area (Å²) in [5.41, 5.74) is 4.05. The zero-order chi connectivity index (χ0) is 34.5. The fraction of sp³-hybridized carbons (Fsp3) is 0.372. The van der Waals surface area contributed by atoms with Crippen molar-refractivity contribution in [2.45, 2.75) is 69.3 Å². The van der Waals surface area contributed by atoms with Crippen LogP contribution in [-0.2, 0) is 64.4 Å². The molecule has 264 valence electrons. The molecule has 4 aromatic rings. The number of carbonyl (C=O) groups excluding carboxylic acids is 1. The van der Waals surface area contributed by atoms with Crippen molar-refractivity contribution in [3.63, 3.8) is 0 Å². The maximum Gasteiger partial charge on any atom is 0.238 e. The lowest BCUT2D eigenvalue weighted by atomic mass is 9.67. The molecule has 8 nitrogen and oxygen atoms in total. The fourth-order valence-corrected chi connectivity index (χ4v) is 7.77. The quantitative estimate of drug-likeness (QED) is 0.126. The van der Waals surface area contributed by atoms with Crippen molar-refractivity contribution in [3.05, 3.63) is 156 Å². The molecule has 0 N–H and O–H groups in total. The molecular weight excluding hydrogens is 644 g/mol. The molecule has 2 heterocycles. The summed E-state index contributed by atoms with van der Waals surface area (Å²) in [6, 6.07) is 40.0. The second-order valence-electron chi connectivity index (χ2n) is 13.8. The molecular formula is C43H44O8. The first-order valence-electron chi connectivity index (χ1n) is 17.9. The molecule has 3 aliphatic carbocycles. The standard InChI is InChI=1S/C43H44O8/c44-41-34-21-22-36-35(23-34)28-49-43(36,41)51-42-40(48-27-33-19-11-4-12-20-33)39(47-26-32-17-9-3-10-18-32)38(46-25-31-15-7-2-8-16-31)37(50-42)29-45-24-30-13-5-1-6-14-30/h1-22,34-40,42H,23-29H2/t34-,35+,36+,37+,38+,39-,40+,42-,43+/m0/s1. The van der Waals surface area contributed by atoms with Gasteiger partial charge in [0.05, 0.1) is 39.6 Å². The molecule has 8 heteroatoms. The molecule has 0 aromatic heterocycles. The van der Waals surface area contributed by atoms with Gasteiger partial charge in [-0.3, -0.25) is 4.79 Å². The summed E-state index contributed by atoms with van der Waals surface area (Å²) in [7, 11) is 0. The molecule has 0 unspecified atom stereocenters. The highest BCUT2D eigenvalue weighted by Gasteiger charge is 2.65. The van der Waals surface area contributed by atoms with Crippen molar-refractivity contribution in [2.75, 3.05) is 13.2 Å². The normalized spacial score (nSPS) is 30.9. The van der Waals surface area contributed by atoms with Crippen molar-refractivity contribution < 1.29 is 38.0 Å². The Morgan fingerprint density at radius 3 is 1.69 bits per heavy atom. The molecule has 4 bridgehead atoms. The molecule has 0 amide bonds. The summed E-state index contributed by atoms with van der Waals surface area (Å²) in [6.45, 7) is 1.96. The Bertz CT molecular complexity index is 1740. The third kappa shape index (κ3) is 7.50. The van der Waals surface area contributed by atoms with Crippen LogP contribution < -0.4 is 0 Å². The molecule has 0 radical (unpaired) electrons. The monoisotopic (exact) mass is 688 g/mol. The second-order valence-corrected chi connectivity index (χ2v) is 13.8. The summed E-state index contributed by atoms with van der Waals surface area (Å²) in [5, 5.41) is 0. The lowest BCUT2D eigenvalue weighted by molar-refractivity contribution is -0.373. The molecule has 0 spiro atoms. The average Bonchev–Trinajstić information content (AvgIpc) is 3.50. The molecule has 2 saturated heterocycles. The van der Waals surface area contributed by atoms with Crippen LogP contribution in [0, 0.1) is 17.8 Å². The van der Waals surface area contributed by atoms with Gasteiger partial charge in [-0.25, -0.2) is 0 Å². The topological polar surface area (TPSA) is 81.7 Å². The molecule has 9 atom stereocenters.